The van der Waals surface area contributed by atoms with Crippen LogP contribution >= 0.6 is 0 Å². The Kier molecular flexibility index (Phi) is 3.90. The molecule has 0 unspecified atom stereocenters. The van der Waals surface area contributed by atoms with Crippen LogP contribution in [0.5, 0.6) is 0 Å². The van der Waals surface area contributed by atoms with Crippen molar-refractivity contribution in [3.8, 4) is 0 Å². The zero-order valence-electron chi connectivity index (χ0n) is 11.4. The number of fused-ring (bicyclic) bond motifs is 1. The number of methoxy groups -OCH3 is 1. The number of nitrogens with zero attached hydrogens (tertiary/aromatic N) is 1. The molecular weight excluding hydrogens is 232 g/mol. The zero-order valence-corrected chi connectivity index (χ0v) is 11.4. The summed E-state index contributed by atoms with van der Waals surface area (Å²) < 4.78 is 4.85. The van der Waals surface area contributed by atoms with Crippen molar-refractivity contribution in [1.82, 2.24) is 4.90 Å². The molecule has 5 heteroatoms. The Morgan fingerprint density at radius 2 is 2.28 bits per heavy atom. The van der Waals surface area contributed by atoms with Gasteiger partial charge in [0.15, 0.2) is 6.04 Å². The van der Waals surface area contributed by atoms with E-state index in [0.29, 0.717) is 24.8 Å². The maximum Gasteiger partial charge on any atom is 0.328 e. The molecule has 2 saturated heterocycles. The number of hydrogen-bond donors (Lipinski definition) is 1. The van der Waals surface area contributed by atoms with Gasteiger partial charge in [0.1, 0.15) is 6.04 Å². The van der Waals surface area contributed by atoms with Crippen LogP contribution in [0.15, 0.2) is 0 Å². The van der Waals surface area contributed by atoms with Gasteiger partial charge in [0, 0.05) is 18.9 Å². The van der Waals surface area contributed by atoms with Crippen LogP contribution in [0.2, 0.25) is 0 Å². The quantitative estimate of drug-likeness (QED) is 0.680. The maximum absolute atomic E-state index is 12.3. The summed E-state index contributed by atoms with van der Waals surface area (Å²) >= 11 is 0. The van der Waals surface area contributed by atoms with Crippen LogP contribution in [0.25, 0.3) is 0 Å². The van der Waals surface area contributed by atoms with Gasteiger partial charge < -0.3 is 15.0 Å². The van der Waals surface area contributed by atoms with E-state index in [1.165, 1.54) is 7.11 Å². The van der Waals surface area contributed by atoms with E-state index in [1.807, 2.05) is 0 Å². The van der Waals surface area contributed by atoms with Crippen LogP contribution in [-0.4, -0.2) is 49.1 Å². The number of ether oxygens (including phenoxy) is 1. The third-order valence-corrected chi connectivity index (χ3v) is 4.01. The van der Waals surface area contributed by atoms with Crippen molar-refractivity contribution < 1.29 is 19.6 Å². The van der Waals surface area contributed by atoms with Crippen LogP contribution in [0.1, 0.15) is 26.7 Å². The lowest BCUT2D eigenvalue weighted by Gasteiger charge is -2.27. The summed E-state index contributed by atoms with van der Waals surface area (Å²) in [5, 5.41) is 2.11. The SMILES string of the molecule is COC(=O)[C@H](CC(C)C)N1C[C@@H]2CC[NH2+][C@@H]2C1=O. The molecule has 0 saturated carbocycles. The van der Waals surface area contributed by atoms with Gasteiger partial charge in [-0.15, -0.1) is 0 Å². The summed E-state index contributed by atoms with van der Waals surface area (Å²) in [5.74, 6) is 0.619. The Morgan fingerprint density at radius 1 is 1.56 bits per heavy atom. The second kappa shape index (κ2) is 5.26. The Hall–Kier alpha value is -1.10. The van der Waals surface area contributed by atoms with E-state index >= 15 is 0 Å². The summed E-state index contributed by atoms with van der Waals surface area (Å²) in [5.41, 5.74) is 0. The highest BCUT2D eigenvalue weighted by atomic mass is 16.5. The molecule has 5 nitrogen and oxygen atoms in total. The van der Waals surface area contributed by atoms with E-state index in [-0.39, 0.29) is 17.9 Å². The van der Waals surface area contributed by atoms with Crippen molar-refractivity contribution in [1.29, 1.82) is 0 Å². The number of rotatable bonds is 4. The minimum Gasteiger partial charge on any atom is -0.467 e. The van der Waals surface area contributed by atoms with Crippen LogP contribution in [0.4, 0.5) is 0 Å². The van der Waals surface area contributed by atoms with Crippen LogP contribution in [0, 0.1) is 11.8 Å². The fourth-order valence-corrected chi connectivity index (χ4v) is 3.12. The number of quaternary nitrogens is 1. The third-order valence-electron chi connectivity index (χ3n) is 4.01. The summed E-state index contributed by atoms with van der Waals surface area (Å²) in [7, 11) is 1.39. The molecule has 18 heavy (non-hydrogen) atoms. The van der Waals surface area contributed by atoms with Gasteiger partial charge in [0.25, 0.3) is 5.91 Å². The minimum atomic E-state index is -0.401. The average Bonchev–Trinajstić information content (AvgIpc) is 2.89. The monoisotopic (exact) mass is 255 g/mol. The minimum absolute atomic E-state index is 0.0457. The highest BCUT2D eigenvalue weighted by Crippen LogP contribution is 2.26. The van der Waals surface area contributed by atoms with Crippen molar-refractivity contribution in [3.05, 3.63) is 0 Å². The first-order valence-electron chi connectivity index (χ1n) is 6.76. The van der Waals surface area contributed by atoms with E-state index in [1.54, 1.807) is 4.90 Å². The van der Waals surface area contributed by atoms with Crippen LogP contribution in [0.3, 0.4) is 0 Å². The lowest BCUT2D eigenvalue weighted by molar-refractivity contribution is -0.659. The summed E-state index contributed by atoms with van der Waals surface area (Å²) in [6.45, 7) is 5.86. The zero-order chi connectivity index (χ0) is 13.3. The number of likely N-dealkylation sites (tertiary alicyclic amines) is 1. The fourth-order valence-electron chi connectivity index (χ4n) is 3.12. The summed E-state index contributed by atoms with van der Waals surface area (Å²) in [4.78, 5) is 25.9. The molecule has 1 amide bonds. The molecule has 2 heterocycles. The number of carbonyl (C=O) groups excluding carboxylic acids is 2. The molecule has 2 N–H and O–H groups in total. The molecule has 0 aromatic heterocycles. The molecule has 2 aliphatic rings. The molecule has 102 valence electrons. The van der Waals surface area contributed by atoms with Gasteiger partial charge in [-0.3, -0.25) is 4.79 Å². The van der Waals surface area contributed by atoms with Gasteiger partial charge in [-0.2, -0.15) is 0 Å². The Labute approximate surface area is 108 Å². The van der Waals surface area contributed by atoms with E-state index in [4.69, 9.17) is 4.74 Å². The molecular formula is C13H23N2O3+. The first-order chi connectivity index (χ1) is 8.54. The summed E-state index contributed by atoms with van der Waals surface area (Å²) in [6, 6.07) is -0.356. The molecule has 0 spiro atoms. The molecule has 2 fully saturated rings. The lowest BCUT2D eigenvalue weighted by atomic mass is 10.0. The second-order valence-electron chi connectivity index (χ2n) is 5.76. The largest absolute Gasteiger partial charge is 0.467 e. The molecule has 2 aliphatic heterocycles. The van der Waals surface area contributed by atoms with Gasteiger partial charge >= 0.3 is 5.97 Å². The van der Waals surface area contributed by atoms with Crippen molar-refractivity contribution >= 4 is 11.9 Å². The van der Waals surface area contributed by atoms with Gasteiger partial charge in [-0.25, -0.2) is 4.79 Å². The Bertz CT molecular complexity index is 343. The number of carbonyl (C=O) groups is 2. The first kappa shape index (κ1) is 13.3. The Morgan fingerprint density at radius 3 is 2.83 bits per heavy atom. The fraction of sp³-hybridized carbons (Fsp3) is 0.846. The van der Waals surface area contributed by atoms with Crippen molar-refractivity contribution in [2.45, 2.75) is 38.8 Å². The molecule has 2 rings (SSSR count). The smallest absolute Gasteiger partial charge is 0.328 e. The number of esters is 1. The highest BCUT2D eigenvalue weighted by molar-refractivity contribution is 5.88. The summed E-state index contributed by atoms with van der Waals surface area (Å²) in [6.07, 6.45) is 1.75. The topological polar surface area (TPSA) is 63.2 Å². The van der Waals surface area contributed by atoms with Gasteiger partial charge in [-0.05, 0) is 12.3 Å². The third kappa shape index (κ3) is 2.36. The number of hydrogen-bond acceptors (Lipinski definition) is 3. The van der Waals surface area contributed by atoms with Crippen molar-refractivity contribution in [3.63, 3.8) is 0 Å². The predicted octanol–water partition coefficient (Wildman–Crippen LogP) is -0.632. The van der Waals surface area contributed by atoms with Crippen LogP contribution < -0.4 is 5.32 Å². The van der Waals surface area contributed by atoms with E-state index < -0.39 is 6.04 Å². The predicted molar refractivity (Wildman–Crippen MR) is 65.7 cm³/mol. The molecule has 3 atom stereocenters. The number of amides is 1. The van der Waals surface area contributed by atoms with Crippen LogP contribution in [-0.2, 0) is 14.3 Å². The first-order valence-corrected chi connectivity index (χ1v) is 6.76. The van der Waals surface area contributed by atoms with Crippen molar-refractivity contribution in [2.24, 2.45) is 11.8 Å². The normalized spacial score (nSPS) is 28.7. The number of nitrogens with two attached hydrogens (primary N) is 1. The molecule has 0 aromatic carbocycles. The van der Waals surface area contributed by atoms with E-state index in [2.05, 4.69) is 19.2 Å². The van der Waals surface area contributed by atoms with Gasteiger partial charge in [0.05, 0.1) is 13.7 Å². The lowest BCUT2D eigenvalue weighted by Crippen LogP contribution is -2.89. The van der Waals surface area contributed by atoms with E-state index in [0.717, 1.165) is 13.0 Å². The average molecular weight is 255 g/mol. The molecule has 0 aliphatic carbocycles. The standard InChI is InChI=1S/C13H22N2O3/c1-8(2)6-10(13(17)18-3)15-7-9-4-5-14-11(9)12(15)16/h8-11,14H,4-7H2,1-3H3/p+1/t9-,10-,11-/m0/s1. The van der Waals surface area contributed by atoms with Gasteiger partial charge in [-0.1, -0.05) is 13.8 Å². The highest BCUT2D eigenvalue weighted by Gasteiger charge is 2.50. The van der Waals surface area contributed by atoms with E-state index in [9.17, 15) is 9.59 Å². The Balaban J connectivity index is 2.11. The molecule has 0 aromatic rings. The second-order valence-corrected chi connectivity index (χ2v) is 5.76. The van der Waals surface area contributed by atoms with Gasteiger partial charge in [0.2, 0.25) is 0 Å². The maximum atomic E-state index is 12.3. The van der Waals surface area contributed by atoms with Crippen molar-refractivity contribution in [2.75, 3.05) is 20.2 Å². The molecule has 0 bridgehead atoms. The molecule has 0 radical (unpaired) electrons.